The average molecular weight is 154 g/mol. The molecule has 0 saturated carbocycles. The predicted molar refractivity (Wildman–Crippen MR) is 47.4 cm³/mol. The number of hydrogen-bond acceptors (Lipinski definition) is 1. The minimum atomic E-state index is -0.169. The second-order valence-electron chi connectivity index (χ2n) is 3.59. The molecule has 1 heteroatoms. The van der Waals surface area contributed by atoms with Gasteiger partial charge in [0.1, 0.15) is 0 Å². The second kappa shape index (κ2) is 3.91. The largest absolute Gasteiger partial charge is 0.389 e. The summed E-state index contributed by atoms with van der Waals surface area (Å²) in [4.78, 5) is 0. The van der Waals surface area contributed by atoms with Crippen molar-refractivity contribution in [1.29, 1.82) is 0 Å². The van der Waals surface area contributed by atoms with Crippen molar-refractivity contribution in [3.8, 4) is 0 Å². The average Bonchev–Trinajstić information content (AvgIpc) is 2.03. The molecule has 0 aliphatic heterocycles. The molecule has 0 bridgehead atoms. The van der Waals surface area contributed by atoms with Crippen LogP contribution in [0, 0.1) is 5.92 Å². The maximum Gasteiger partial charge on any atom is 0.0747 e. The molecule has 1 nitrogen and oxygen atoms in total. The molecule has 0 fully saturated rings. The third-order valence-electron chi connectivity index (χ3n) is 2.46. The molecule has 0 aromatic heterocycles. The van der Waals surface area contributed by atoms with E-state index in [-0.39, 0.29) is 6.10 Å². The zero-order chi connectivity index (χ0) is 8.27. The molecule has 0 heterocycles. The normalized spacial score (nSPS) is 27.9. The van der Waals surface area contributed by atoms with Crippen LogP contribution in [0.5, 0.6) is 0 Å². The fourth-order valence-electron chi connectivity index (χ4n) is 1.68. The highest BCUT2D eigenvalue weighted by atomic mass is 16.3. The van der Waals surface area contributed by atoms with Crippen molar-refractivity contribution >= 4 is 0 Å². The third-order valence-corrected chi connectivity index (χ3v) is 2.46. The summed E-state index contributed by atoms with van der Waals surface area (Å²) in [6, 6.07) is 0. The second-order valence-corrected chi connectivity index (χ2v) is 3.59. The molecule has 0 amide bonds. The van der Waals surface area contributed by atoms with E-state index in [0.29, 0.717) is 0 Å². The molecule has 2 atom stereocenters. The van der Waals surface area contributed by atoms with E-state index < -0.39 is 0 Å². The van der Waals surface area contributed by atoms with Gasteiger partial charge in [-0.2, -0.15) is 0 Å². The van der Waals surface area contributed by atoms with E-state index in [0.717, 1.165) is 25.2 Å². The van der Waals surface area contributed by atoms with E-state index in [2.05, 4.69) is 13.0 Å². The SMILES string of the molecule is CC[C@@H](O)C1=CCCC(C)C1. The van der Waals surface area contributed by atoms with Crippen molar-refractivity contribution in [2.24, 2.45) is 5.92 Å². The van der Waals surface area contributed by atoms with E-state index in [1.54, 1.807) is 0 Å². The first-order valence-electron chi connectivity index (χ1n) is 4.61. The van der Waals surface area contributed by atoms with Crippen LogP contribution in [0.4, 0.5) is 0 Å². The molecule has 1 aliphatic carbocycles. The van der Waals surface area contributed by atoms with Crippen molar-refractivity contribution in [2.75, 3.05) is 0 Å². The van der Waals surface area contributed by atoms with Gasteiger partial charge in [0.2, 0.25) is 0 Å². The molecule has 1 rings (SSSR count). The van der Waals surface area contributed by atoms with Gasteiger partial charge in [-0.1, -0.05) is 19.9 Å². The number of allylic oxidation sites excluding steroid dienone is 1. The van der Waals surface area contributed by atoms with E-state index >= 15 is 0 Å². The molecule has 0 saturated heterocycles. The third kappa shape index (κ3) is 2.33. The topological polar surface area (TPSA) is 20.2 Å². The zero-order valence-corrected chi connectivity index (χ0v) is 7.51. The number of hydrogen-bond donors (Lipinski definition) is 1. The summed E-state index contributed by atoms with van der Waals surface area (Å²) >= 11 is 0. The fraction of sp³-hybridized carbons (Fsp3) is 0.800. The Kier molecular flexibility index (Phi) is 3.13. The Morgan fingerprint density at radius 1 is 1.73 bits per heavy atom. The monoisotopic (exact) mass is 154 g/mol. The lowest BCUT2D eigenvalue weighted by atomic mass is 9.87. The van der Waals surface area contributed by atoms with Crippen LogP contribution in [0.2, 0.25) is 0 Å². The number of aliphatic hydroxyl groups is 1. The molecule has 0 radical (unpaired) electrons. The van der Waals surface area contributed by atoms with Gasteiger partial charge < -0.3 is 5.11 Å². The minimum Gasteiger partial charge on any atom is -0.389 e. The predicted octanol–water partition coefficient (Wildman–Crippen LogP) is 2.50. The molecule has 1 N–H and O–H groups in total. The van der Waals surface area contributed by atoms with E-state index in [9.17, 15) is 5.11 Å². The molecular weight excluding hydrogens is 136 g/mol. The van der Waals surface area contributed by atoms with Gasteiger partial charge in [-0.05, 0) is 37.2 Å². The quantitative estimate of drug-likeness (QED) is 0.606. The van der Waals surface area contributed by atoms with Gasteiger partial charge in [0.15, 0.2) is 0 Å². The lowest BCUT2D eigenvalue weighted by molar-refractivity contribution is 0.195. The van der Waals surface area contributed by atoms with Gasteiger partial charge in [0.25, 0.3) is 0 Å². The van der Waals surface area contributed by atoms with Gasteiger partial charge in [-0.25, -0.2) is 0 Å². The van der Waals surface area contributed by atoms with Crippen LogP contribution in [0.1, 0.15) is 39.5 Å². The summed E-state index contributed by atoms with van der Waals surface area (Å²) < 4.78 is 0. The molecular formula is C10H18O. The Bertz CT molecular complexity index is 149. The van der Waals surface area contributed by atoms with Gasteiger partial charge in [0, 0.05) is 0 Å². The molecule has 11 heavy (non-hydrogen) atoms. The van der Waals surface area contributed by atoms with Crippen LogP contribution in [0.3, 0.4) is 0 Å². The molecule has 0 spiro atoms. The number of rotatable bonds is 2. The Morgan fingerprint density at radius 3 is 3.00 bits per heavy atom. The van der Waals surface area contributed by atoms with E-state index in [1.807, 2.05) is 6.92 Å². The van der Waals surface area contributed by atoms with Crippen molar-refractivity contribution in [3.63, 3.8) is 0 Å². The van der Waals surface area contributed by atoms with Crippen LogP contribution in [-0.2, 0) is 0 Å². The number of aliphatic hydroxyl groups excluding tert-OH is 1. The summed E-state index contributed by atoms with van der Waals surface area (Å²) in [7, 11) is 0. The zero-order valence-electron chi connectivity index (χ0n) is 7.51. The Labute approximate surface area is 69.1 Å². The maximum absolute atomic E-state index is 9.53. The van der Waals surface area contributed by atoms with E-state index in [1.165, 1.54) is 12.0 Å². The van der Waals surface area contributed by atoms with Crippen LogP contribution in [0.15, 0.2) is 11.6 Å². The lowest BCUT2D eigenvalue weighted by Crippen LogP contribution is -2.14. The first-order valence-corrected chi connectivity index (χ1v) is 4.61. The highest BCUT2D eigenvalue weighted by Crippen LogP contribution is 2.26. The summed E-state index contributed by atoms with van der Waals surface area (Å²) in [5.41, 5.74) is 1.27. The van der Waals surface area contributed by atoms with Gasteiger partial charge >= 0.3 is 0 Å². The lowest BCUT2D eigenvalue weighted by Gasteiger charge is -2.22. The van der Waals surface area contributed by atoms with Crippen molar-refractivity contribution in [1.82, 2.24) is 0 Å². The van der Waals surface area contributed by atoms with Crippen LogP contribution >= 0.6 is 0 Å². The summed E-state index contributed by atoms with van der Waals surface area (Å²) in [5, 5.41) is 9.53. The van der Waals surface area contributed by atoms with Crippen LogP contribution in [-0.4, -0.2) is 11.2 Å². The molecule has 0 aromatic carbocycles. The summed E-state index contributed by atoms with van der Waals surface area (Å²) in [6.07, 6.45) is 6.47. The molecule has 0 aromatic rings. The fourth-order valence-corrected chi connectivity index (χ4v) is 1.68. The first-order chi connectivity index (χ1) is 5.24. The highest BCUT2D eigenvalue weighted by molar-refractivity contribution is 5.11. The van der Waals surface area contributed by atoms with Crippen molar-refractivity contribution in [2.45, 2.75) is 45.6 Å². The Hall–Kier alpha value is -0.300. The van der Waals surface area contributed by atoms with Crippen molar-refractivity contribution in [3.05, 3.63) is 11.6 Å². The van der Waals surface area contributed by atoms with Crippen molar-refractivity contribution < 1.29 is 5.11 Å². The van der Waals surface area contributed by atoms with E-state index in [4.69, 9.17) is 0 Å². The Morgan fingerprint density at radius 2 is 2.45 bits per heavy atom. The van der Waals surface area contributed by atoms with Gasteiger partial charge in [-0.15, -0.1) is 0 Å². The van der Waals surface area contributed by atoms with Crippen LogP contribution in [0.25, 0.3) is 0 Å². The Balaban J connectivity index is 2.50. The van der Waals surface area contributed by atoms with Gasteiger partial charge in [0.05, 0.1) is 6.10 Å². The summed E-state index contributed by atoms with van der Waals surface area (Å²) in [6.45, 7) is 4.29. The summed E-state index contributed by atoms with van der Waals surface area (Å²) in [5.74, 6) is 0.774. The smallest absolute Gasteiger partial charge is 0.0747 e. The molecule has 64 valence electrons. The van der Waals surface area contributed by atoms with Gasteiger partial charge in [-0.3, -0.25) is 0 Å². The maximum atomic E-state index is 9.53. The minimum absolute atomic E-state index is 0.169. The standard InChI is InChI=1S/C10H18O/c1-3-10(11)9-6-4-5-8(2)7-9/h6,8,10-11H,3-5,7H2,1-2H3/t8?,10-/m1/s1. The molecule has 1 aliphatic rings. The van der Waals surface area contributed by atoms with Crippen LogP contribution < -0.4 is 0 Å². The first kappa shape index (κ1) is 8.79. The molecule has 1 unspecified atom stereocenters. The highest BCUT2D eigenvalue weighted by Gasteiger charge is 2.15.